The van der Waals surface area contributed by atoms with E-state index >= 15 is 0 Å². The van der Waals surface area contributed by atoms with Crippen LogP contribution in [0.25, 0.3) is 0 Å². The van der Waals surface area contributed by atoms with Gasteiger partial charge in [0.1, 0.15) is 13.2 Å². The number of carbonyl (C=O) groups is 3. The van der Waals surface area contributed by atoms with Gasteiger partial charge in [-0.05, 0) is 116 Å². The largest absolute Gasteiger partial charge is 0.462 e. The number of carbonyl (C=O) groups excluding carboxylic acids is 3. The molecule has 0 aliphatic rings. The molecule has 0 saturated heterocycles. The molecule has 0 heterocycles. The van der Waals surface area contributed by atoms with Gasteiger partial charge in [-0.15, -0.1) is 0 Å². The molecular weight excluding hydrogens is 985 g/mol. The second-order valence-corrected chi connectivity index (χ2v) is 23.1. The summed E-state index contributed by atoms with van der Waals surface area (Å²) in [6.45, 7) is 6.55. The molecule has 0 N–H and O–H groups in total. The monoisotopic (exact) mass is 1110 g/mol. The zero-order chi connectivity index (χ0) is 57.8. The molecule has 0 saturated carbocycles. The van der Waals surface area contributed by atoms with Gasteiger partial charge in [-0.25, -0.2) is 0 Å². The van der Waals surface area contributed by atoms with Gasteiger partial charge in [0.15, 0.2) is 6.10 Å². The Kier molecular flexibility index (Phi) is 65.2. The lowest BCUT2D eigenvalue weighted by atomic mass is 10.0. The maximum Gasteiger partial charge on any atom is 0.306 e. The van der Waals surface area contributed by atoms with E-state index in [4.69, 9.17) is 14.2 Å². The molecule has 0 rings (SSSR count). The van der Waals surface area contributed by atoms with Crippen LogP contribution in [-0.4, -0.2) is 37.2 Å². The first-order valence-electron chi connectivity index (χ1n) is 34.6. The van der Waals surface area contributed by atoms with Gasteiger partial charge in [0.2, 0.25) is 0 Å². The first-order valence-corrected chi connectivity index (χ1v) is 34.6. The maximum absolute atomic E-state index is 13.0. The highest BCUT2D eigenvalue weighted by molar-refractivity contribution is 5.71. The lowest BCUT2D eigenvalue weighted by Crippen LogP contribution is -2.30. The van der Waals surface area contributed by atoms with Crippen molar-refractivity contribution >= 4 is 17.9 Å². The summed E-state index contributed by atoms with van der Waals surface area (Å²) in [5, 5.41) is 0. The fourth-order valence-corrected chi connectivity index (χ4v) is 9.93. The Bertz CT molecular complexity index is 1520. The van der Waals surface area contributed by atoms with Gasteiger partial charge in [0, 0.05) is 19.3 Å². The van der Waals surface area contributed by atoms with Gasteiger partial charge in [-0.3, -0.25) is 14.4 Å². The molecule has 0 aromatic heterocycles. The van der Waals surface area contributed by atoms with Crippen molar-refractivity contribution in [3.63, 3.8) is 0 Å². The van der Waals surface area contributed by atoms with Crippen molar-refractivity contribution in [1.82, 2.24) is 0 Å². The Hall–Kier alpha value is -3.41. The van der Waals surface area contributed by atoms with Crippen LogP contribution in [0.5, 0.6) is 0 Å². The molecule has 0 amide bonds. The van der Waals surface area contributed by atoms with E-state index in [0.717, 1.165) is 103 Å². The molecule has 80 heavy (non-hydrogen) atoms. The Morgan fingerprint density at radius 3 is 0.775 bits per heavy atom. The first-order chi connectivity index (χ1) is 39.5. The summed E-state index contributed by atoms with van der Waals surface area (Å²) in [6, 6.07) is 0. The summed E-state index contributed by atoms with van der Waals surface area (Å²) < 4.78 is 17.0. The highest BCUT2D eigenvalue weighted by Gasteiger charge is 2.19. The van der Waals surface area contributed by atoms with Crippen LogP contribution in [0.2, 0.25) is 0 Å². The number of ether oxygens (including phenoxy) is 3. The summed E-state index contributed by atoms with van der Waals surface area (Å²) in [6.07, 6.45) is 90.2. The lowest BCUT2D eigenvalue weighted by Gasteiger charge is -2.18. The molecule has 0 aromatic carbocycles. The predicted octanol–water partition coefficient (Wildman–Crippen LogP) is 23.8. The van der Waals surface area contributed by atoms with Crippen LogP contribution < -0.4 is 0 Å². The van der Waals surface area contributed by atoms with Crippen molar-refractivity contribution in [3.8, 4) is 0 Å². The molecule has 1 unspecified atom stereocenters. The smallest absolute Gasteiger partial charge is 0.306 e. The van der Waals surface area contributed by atoms with Crippen LogP contribution in [-0.2, 0) is 28.6 Å². The van der Waals surface area contributed by atoms with Gasteiger partial charge >= 0.3 is 17.9 Å². The van der Waals surface area contributed by atoms with E-state index in [1.807, 2.05) is 0 Å². The van der Waals surface area contributed by atoms with Crippen molar-refractivity contribution in [3.05, 3.63) is 85.1 Å². The second-order valence-electron chi connectivity index (χ2n) is 23.1. The van der Waals surface area contributed by atoms with Crippen molar-refractivity contribution in [1.29, 1.82) is 0 Å². The normalized spacial score (nSPS) is 12.6. The van der Waals surface area contributed by atoms with Crippen LogP contribution >= 0.6 is 0 Å². The highest BCUT2D eigenvalue weighted by atomic mass is 16.6. The summed E-state index contributed by atoms with van der Waals surface area (Å²) in [5.41, 5.74) is 0. The Morgan fingerprint density at radius 1 is 0.263 bits per heavy atom. The average molecular weight is 1120 g/mol. The van der Waals surface area contributed by atoms with E-state index < -0.39 is 6.10 Å². The van der Waals surface area contributed by atoms with E-state index in [1.165, 1.54) is 205 Å². The molecule has 1 atom stereocenters. The number of hydrogen-bond acceptors (Lipinski definition) is 6. The Labute approximate surface area is 496 Å². The van der Waals surface area contributed by atoms with E-state index in [-0.39, 0.29) is 31.1 Å². The van der Waals surface area contributed by atoms with Gasteiger partial charge in [0.25, 0.3) is 0 Å². The van der Waals surface area contributed by atoms with Gasteiger partial charge in [-0.1, -0.05) is 298 Å². The molecule has 0 spiro atoms. The predicted molar refractivity (Wildman–Crippen MR) is 348 cm³/mol. The Balaban J connectivity index is 4.37. The van der Waals surface area contributed by atoms with Crippen molar-refractivity contribution in [2.45, 2.75) is 354 Å². The summed E-state index contributed by atoms with van der Waals surface area (Å²) in [7, 11) is 0. The molecule has 0 aromatic rings. The van der Waals surface area contributed by atoms with Gasteiger partial charge < -0.3 is 14.2 Å². The van der Waals surface area contributed by atoms with E-state index in [2.05, 4.69) is 106 Å². The fourth-order valence-electron chi connectivity index (χ4n) is 9.93. The van der Waals surface area contributed by atoms with Crippen LogP contribution in [0.3, 0.4) is 0 Å². The minimum Gasteiger partial charge on any atom is -0.462 e. The number of unbranched alkanes of at least 4 members (excludes halogenated alkanes) is 38. The third-order valence-corrected chi connectivity index (χ3v) is 15.1. The zero-order valence-corrected chi connectivity index (χ0v) is 53.1. The lowest BCUT2D eigenvalue weighted by molar-refractivity contribution is -0.167. The van der Waals surface area contributed by atoms with E-state index in [9.17, 15) is 14.4 Å². The molecule has 6 heteroatoms. The summed E-state index contributed by atoms with van der Waals surface area (Å²) >= 11 is 0. The van der Waals surface area contributed by atoms with Crippen LogP contribution in [0.1, 0.15) is 348 Å². The fraction of sp³-hybridized carbons (Fsp3) is 0.770. The van der Waals surface area contributed by atoms with Crippen LogP contribution in [0.4, 0.5) is 0 Å². The van der Waals surface area contributed by atoms with Gasteiger partial charge in [-0.2, -0.15) is 0 Å². The standard InChI is InChI=1S/C74H130O6/c1-4-7-10-13-16-19-22-25-28-31-33-35-37-39-41-43-46-49-52-55-58-61-64-67-73(76)79-70-71(69-78-72(75)66-63-60-57-54-51-48-45-30-27-24-21-18-15-12-9-6-3)80-74(77)68-65-62-59-56-53-50-47-44-42-40-38-36-34-32-29-26-23-20-17-14-11-8-5-2/h7,10,16,19,25,28,30,32-35,39,41,45,71H,4-6,8-9,11-15,17-18,20-24,26-27,29,31,36-38,40,42-44,46-70H2,1-3H3/b10-7-,19-16-,28-25-,34-32-,35-33-,41-39-,45-30-. The van der Waals surface area contributed by atoms with E-state index in [1.54, 1.807) is 0 Å². The third kappa shape index (κ3) is 65.4. The number of esters is 3. The van der Waals surface area contributed by atoms with Crippen molar-refractivity contribution < 1.29 is 28.6 Å². The maximum atomic E-state index is 13.0. The van der Waals surface area contributed by atoms with Crippen molar-refractivity contribution in [2.75, 3.05) is 13.2 Å². The molecule has 0 bridgehead atoms. The highest BCUT2D eigenvalue weighted by Crippen LogP contribution is 2.17. The van der Waals surface area contributed by atoms with Gasteiger partial charge in [0.05, 0.1) is 0 Å². The summed E-state index contributed by atoms with van der Waals surface area (Å²) in [4.78, 5) is 38.4. The SMILES string of the molecule is CC/C=C\C/C=C\C/C=C\C/C=C\C/C=C\CCCCCCCCCC(=O)OCC(COC(=O)CCCCCCC/C=C\CCCCCCCCC)OC(=O)CCCCCCCCCCCCC/C=C\CCCCCCCCCC. The summed E-state index contributed by atoms with van der Waals surface area (Å²) in [5.74, 6) is -0.885. The topological polar surface area (TPSA) is 78.9 Å². The molecule has 0 aliphatic carbocycles. The molecule has 462 valence electrons. The van der Waals surface area contributed by atoms with Crippen LogP contribution in [0.15, 0.2) is 85.1 Å². The molecule has 0 fully saturated rings. The Morgan fingerprint density at radius 2 is 0.487 bits per heavy atom. The third-order valence-electron chi connectivity index (χ3n) is 15.1. The number of hydrogen-bond donors (Lipinski definition) is 0. The number of allylic oxidation sites excluding steroid dienone is 14. The van der Waals surface area contributed by atoms with E-state index in [0.29, 0.717) is 19.3 Å². The van der Waals surface area contributed by atoms with Crippen molar-refractivity contribution in [2.24, 2.45) is 0 Å². The molecule has 0 aliphatic heterocycles. The first kappa shape index (κ1) is 76.6. The van der Waals surface area contributed by atoms with Crippen LogP contribution in [0, 0.1) is 0 Å². The average Bonchev–Trinajstić information content (AvgIpc) is 3.46. The molecular formula is C74H130O6. The minimum atomic E-state index is -0.787. The number of rotatable bonds is 63. The molecule has 6 nitrogen and oxygen atoms in total. The quantitative estimate of drug-likeness (QED) is 0.0261. The zero-order valence-electron chi connectivity index (χ0n) is 53.1. The molecule has 0 radical (unpaired) electrons. The minimum absolute atomic E-state index is 0.0828. The second kappa shape index (κ2) is 68.1.